The summed E-state index contributed by atoms with van der Waals surface area (Å²) in [5.41, 5.74) is 5.76. The lowest BCUT2D eigenvalue weighted by atomic mass is 10.2. The van der Waals surface area contributed by atoms with E-state index in [0.717, 1.165) is 8.04 Å². The van der Waals surface area contributed by atoms with Crippen LogP contribution in [0.4, 0.5) is 0 Å². The molecule has 0 radical (unpaired) electrons. The standard InChI is InChI=1S/C14H10BrIN2O2/c15-10-6-7-12(16)11(8-10)14(20)18-17-13(19)9-4-2-1-3-5-9/h1-8H,(H,17,19)(H,18,20). The lowest BCUT2D eigenvalue weighted by Gasteiger charge is -2.09. The molecule has 2 aromatic carbocycles. The Hall–Kier alpha value is -1.41. The van der Waals surface area contributed by atoms with Gasteiger partial charge in [0.15, 0.2) is 0 Å². The number of amides is 2. The summed E-state index contributed by atoms with van der Waals surface area (Å²) in [7, 11) is 0. The molecule has 6 heteroatoms. The molecular formula is C14H10BrIN2O2. The van der Waals surface area contributed by atoms with Crippen LogP contribution < -0.4 is 10.9 Å². The van der Waals surface area contributed by atoms with E-state index in [0.29, 0.717) is 11.1 Å². The molecule has 0 aliphatic heterocycles. The summed E-state index contributed by atoms with van der Waals surface area (Å²) in [5, 5.41) is 0. The fraction of sp³-hybridized carbons (Fsp3) is 0. The number of rotatable bonds is 2. The smallest absolute Gasteiger partial charge is 0.267 e. The summed E-state index contributed by atoms with van der Waals surface area (Å²) >= 11 is 5.38. The monoisotopic (exact) mass is 444 g/mol. The Morgan fingerprint density at radius 3 is 2.30 bits per heavy atom. The molecule has 0 aliphatic carbocycles. The number of nitrogens with one attached hydrogen (secondary N) is 2. The Morgan fingerprint density at radius 2 is 1.60 bits per heavy atom. The Bertz CT molecular complexity index is 647. The van der Waals surface area contributed by atoms with Crippen molar-refractivity contribution in [1.29, 1.82) is 0 Å². The molecule has 2 rings (SSSR count). The number of carbonyl (C=O) groups excluding carboxylic acids is 2. The molecular weight excluding hydrogens is 435 g/mol. The van der Waals surface area contributed by atoms with Crippen molar-refractivity contribution in [3.05, 3.63) is 67.7 Å². The second-order valence-corrected chi connectivity index (χ2v) is 5.98. The zero-order valence-electron chi connectivity index (χ0n) is 10.2. The number of hydrazine groups is 1. The van der Waals surface area contributed by atoms with Crippen molar-refractivity contribution in [3.8, 4) is 0 Å². The molecule has 0 fully saturated rings. The highest BCUT2D eigenvalue weighted by Gasteiger charge is 2.12. The lowest BCUT2D eigenvalue weighted by molar-refractivity contribution is 0.0846. The van der Waals surface area contributed by atoms with Crippen LogP contribution in [0.3, 0.4) is 0 Å². The van der Waals surface area contributed by atoms with E-state index < -0.39 is 0 Å². The van der Waals surface area contributed by atoms with Crippen LogP contribution in [0.15, 0.2) is 53.0 Å². The average molecular weight is 445 g/mol. The number of hydrogen-bond donors (Lipinski definition) is 2. The predicted octanol–water partition coefficient (Wildman–Crippen LogP) is 3.13. The van der Waals surface area contributed by atoms with Gasteiger partial charge >= 0.3 is 0 Å². The van der Waals surface area contributed by atoms with Crippen molar-refractivity contribution in [2.45, 2.75) is 0 Å². The number of hydrogen-bond acceptors (Lipinski definition) is 2. The maximum absolute atomic E-state index is 12.0. The van der Waals surface area contributed by atoms with Gasteiger partial charge in [0.2, 0.25) is 0 Å². The summed E-state index contributed by atoms with van der Waals surface area (Å²) in [5.74, 6) is -0.719. The topological polar surface area (TPSA) is 58.2 Å². The summed E-state index contributed by atoms with van der Waals surface area (Å²) in [6.07, 6.45) is 0. The molecule has 0 saturated heterocycles. The zero-order valence-corrected chi connectivity index (χ0v) is 13.9. The fourth-order valence-corrected chi connectivity index (χ4v) is 2.46. The zero-order chi connectivity index (χ0) is 14.5. The Balaban J connectivity index is 2.02. The van der Waals surface area contributed by atoms with Gasteiger partial charge in [-0.1, -0.05) is 34.1 Å². The summed E-state index contributed by atoms with van der Waals surface area (Å²) < 4.78 is 1.61. The van der Waals surface area contributed by atoms with Gasteiger partial charge in [0.1, 0.15) is 0 Å². The molecule has 2 N–H and O–H groups in total. The van der Waals surface area contributed by atoms with Gasteiger partial charge in [-0.2, -0.15) is 0 Å². The van der Waals surface area contributed by atoms with E-state index in [1.165, 1.54) is 0 Å². The maximum atomic E-state index is 12.0. The molecule has 2 aromatic rings. The first-order chi connectivity index (χ1) is 9.58. The molecule has 0 aromatic heterocycles. The minimum atomic E-state index is -0.361. The molecule has 0 saturated carbocycles. The van der Waals surface area contributed by atoms with Gasteiger partial charge < -0.3 is 0 Å². The van der Waals surface area contributed by atoms with Crippen molar-refractivity contribution in [3.63, 3.8) is 0 Å². The van der Waals surface area contributed by atoms with Crippen LogP contribution >= 0.6 is 38.5 Å². The summed E-state index contributed by atoms with van der Waals surface area (Å²) in [4.78, 5) is 23.8. The normalized spacial score (nSPS) is 9.90. The second-order valence-electron chi connectivity index (χ2n) is 3.90. The van der Waals surface area contributed by atoms with Crippen LogP contribution in [0.2, 0.25) is 0 Å². The molecule has 0 aliphatic rings. The summed E-state index contributed by atoms with van der Waals surface area (Å²) in [6.45, 7) is 0. The van der Waals surface area contributed by atoms with Crippen LogP contribution in [0.5, 0.6) is 0 Å². The van der Waals surface area contributed by atoms with E-state index in [-0.39, 0.29) is 11.8 Å². The third kappa shape index (κ3) is 3.80. The van der Waals surface area contributed by atoms with Gasteiger partial charge in [-0.3, -0.25) is 20.4 Å². The van der Waals surface area contributed by atoms with E-state index in [9.17, 15) is 9.59 Å². The Labute approximate surface area is 138 Å². The van der Waals surface area contributed by atoms with Crippen LogP contribution in [0.1, 0.15) is 20.7 Å². The maximum Gasteiger partial charge on any atom is 0.270 e. The Morgan fingerprint density at radius 1 is 0.950 bits per heavy atom. The molecule has 2 amide bonds. The molecule has 102 valence electrons. The van der Waals surface area contributed by atoms with E-state index >= 15 is 0 Å². The van der Waals surface area contributed by atoms with Crippen LogP contribution in [0.25, 0.3) is 0 Å². The highest BCUT2D eigenvalue weighted by Crippen LogP contribution is 2.18. The van der Waals surface area contributed by atoms with Crippen molar-refractivity contribution in [1.82, 2.24) is 10.9 Å². The highest BCUT2D eigenvalue weighted by atomic mass is 127. The van der Waals surface area contributed by atoms with Gasteiger partial charge in [0.05, 0.1) is 5.56 Å². The first-order valence-corrected chi connectivity index (χ1v) is 7.56. The first-order valence-electron chi connectivity index (χ1n) is 5.68. The third-order valence-corrected chi connectivity index (χ3v) is 3.93. The van der Waals surface area contributed by atoms with Gasteiger partial charge in [-0.25, -0.2) is 0 Å². The van der Waals surface area contributed by atoms with E-state index in [4.69, 9.17) is 0 Å². The van der Waals surface area contributed by atoms with Crippen molar-refractivity contribution in [2.75, 3.05) is 0 Å². The SMILES string of the molecule is O=C(NNC(=O)c1cc(Br)ccc1I)c1ccccc1. The number of halogens is 2. The van der Waals surface area contributed by atoms with Gasteiger partial charge in [0, 0.05) is 13.6 Å². The number of carbonyl (C=O) groups is 2. The van der Waals surface area contributed by atoms with Crippen molar-refractivity contribution < 1.29 is 9.59 Å². The van der Waals surface area contributed by atoms with Gasteiger partial charge in [-0.15, -0.1) is 0 Å². The molecule has 0 spiro atoms. The van der Waals surface area contributed by atoms with Crippen molar-refractivity contribution in [2.24, 2.45) is 0 Å². The predicted molar refractivity (Wildman–Crippen MR) is 88.2 cm³/mol. The fourth-order valence-electron chi connectivity index (χ4n) is 1.51. The van der Waals surface area contributed by atoms with E-state index in [1.807, 2.05) is 18.2 Å². The quantitative estimate of drug-likeness (QED) is 0.552. The average Bonchev–Trinajstić information content (AvgIpc) is 2.47. The van der Waals surface area contributed by atoms with Gasteiger partial charge in [0.25, 0.3) is 11.8 Å². The third-order valence-electron chi connectivity index (χ3n) is 2.50. The van der Waals surface area contributed by atoms with Crippen molar-refractivity contribution >= 4 is 50.3 Å². The minimum absolute atomic E-state index is 0.357. The molecule has 0 unspecified atom stereocenters. The molecule has 0 bridgehead atoms. The van der Waals surface area contributed by atoms with Crippen LogP contribution in [-0.2, 0) is 0 Å². The number of benzene rings is 2. The highest BCUT2D eigenvalue weighted by molar-refractivity contribution is 14.1. The van der Waals surface area contributed by atoms with Gasteiger partial charge in [-0.05, 0) is 52.9 Å². The lowest BCUT2D eigenvalue weighted by Crippen LogP contribution is -2.41. The first kappa shape index (κ1) is 15.0. The molecule has 4 nitrogen and oxygen atoms in total. The molecule has 20 heavy (non-hydrogen) atoms. The molecule has 0 heterocycles. The summed E-state index contributed by atoms with van der Waals surface area (Å²) in [6, 6.07) is 14.0. The van der Waals surface area contributed by atoms with E-state index in [2.05, 4.69) is 49.4 Å². The Kier molecular flexibility index (Phi) is 5.13. The largest absolute Gasteiger partial charge is 0.270 e. The second kappa shape index (κ2) is 6.85. The van der Waals surface area contributed by atoms with E-state index in [1.54, 1.807) is 30.3 Å². The molecule has 0 atom stereocenters. The minimum Gasteiger partial charge on any atom is -0.267 e. The van der Waals surface area contributed by atoms with Crippen LogP contribution in [0, 0.1) is 3.57 Å². The van der Waals surface area contributed by atoms with Crippen LogP contribution in [-0.4, -0.2) is 11.8 Å².